The molecule has 2 amide bonds. The second-order valence-electron chi connectivity index (χ2n) is 8.48. The molecule has 2 aromatic carbocycles. The molecule has 7 nitrogen and oxygen atoms in total. The van der Waals surface area contributed by atoms with E-state index in [9.17, 15) is 9.59 Å². The van der Waals surface area contributed by atoms with Crippen molar-refractivity contribution in [3.63, 3.8) is 0 Å². The topological polar surface area (TPSA) is 80.8 Å². The van der Waals surface area contributed by atoms with Crippen molar-refractivity contribution in [2.45, 2.75) is 19.4 Å². The minimum atomic E-state index is -0.438. The molecule has 0 spiro atoms. The minimum absolute atomic E-state index is 0.0885. The molecule has 1 saturated heterocycles. The van der Waals surface area contributed by atoms with Gasteiger partial charge in [-0.1, -0.05) is 23.8 Å². The Balaban J connectivity index is 1.62. The standard InChI is InChI=1S/C27H29N3O4/c1-18-6-8-20(9-7-18)27(32)30-16-23(22-13-21(33-2)10-11-25(22)34-3)24(17-30)26(31)29-15-19-5-4-12-28-14-19/h4-14,23-24H,15-17H2,1-3H3,(H,29,31). The molecule has 176 valence electrons. The van der Waals surface area contributed by atoms with Crippen molar-refractivity contribution < 1.29 is 19.1 Å². The van der Waals surface area contributed by atoms with Crippen LogP contribution in [0.2, 0.25) is 0 Å². The molecule has 7 heteroatoms. The number of benzene rings is 2. The van der Waals surface area contributed by atoms with Crippen LogP contribution in [0.5, 0.6) is 11.5 Å². The predicted molar refractivity (Wildman–Crippen MR) is 129 cm³/mol. The highest BCUT2D eigenvalue weighted by molar-refractivity contribution is 5.95. The Labute approximate surface area is 199 Å². The number of aryl methyl sites for hydroxylation is 1. The lowest BCUT2D eigenvalue weighted by Gasteiger charge is -2.21. The first-order valence-corrected chi connectivity index (χ1v) is 11.2. The number of carbonyl (C=O) groups is 2. The van der Waals surface area contributed by atoms with Gasteiger partial charge in [0.15, 0.2) is 0 Å². The van der Waals surface area contributed by atoms with Gasteiger partial charge in [-0.15, -0.1) is 0 Å². The summed E-state index contributed by atoms with van der Waals surface area (Å²) in [5.74, 6) is 0.460. The fraction of sp³-hybridized carbons (Fsp3) is 0.296. The average Bonchev–Trinajstić information content (AvgIpc) is 3.33. The second kappa shape index (κ2) is 10.4. The lowest BCUT2D eigenvalue weighted by atomic mass is 9.87. The van der Waals surface area contributed by atoms with Gasteiger partial charge in [-0.05, 0) is 48.9 Å². The molecule has 0 bridgehead atoms. The number of methoxy groups -OCH3 is 2. The number of nitrogens with one attached hydrogen (secondary N) is 1. The van der Waals surface area contributed by atoms with Gasteiger partial charge in [-0.3, -0.25) is 14.6 Å². The van der Waals surface area contributed by atoms with Crippen molar-refractivity contribution >= 4 is 11.8 Å². The van der Waals surface area contributed by atoms with Crippen molar-refractivity contribution in [1.82, 2.24) is 15.2 Å². The monoisotopic (exact) mass is 459 g/mol. The van der Waals surface area contributed by atoms with Crippen molar-refractivity contribution in [2.75, 3.05) is 27.3 Å². The zero-order valence-electron chi connectivity index (χ0n) is 19.7. The normalized spacial score (nSPS) is 17.3. The summed E-state index contributed by atoms with van der Waals surface area (Å²) in [7, 11) is 3.21. The Morgan fingerprint density at radius 3 is 2.53 bits per heavy atom. The van der Waals surface area contributed by atoms with Crippen LogP contribution < -0.4 is 14.8 Å². The maximum absolute atomic E-state index is 13.4. The summed E-state index contributed by atoms with van der Waals surface area (Å²) < 4.78 is 11.0. The number of pyridine rings is 1. The molecule has 1 N–H and O–H groups in total. The number of nitrogens with zero attached hydrogens (tertiary/aromatic N) is 2. The van der Waals surface area contributed by atoms with Crippen molar-refractivity contribution in [2.24, 2.45) is 5.92 Å². The van der Waals surface area contributed by atoms with Crippen molar-refractivity contribution in [3.8, 4) is 11.5 Å². The van der Waals surface area contributed by atoms with Gasteiger partial charge >= 0.3 is 0 Å². The fourth-order valence-electron chi connectivity index (χ4n) is 4.38. The molecule has 0 aliphatic carbocycles. The number of amides is 2. The number of likely N-dealkylation sites (tertiary alicyclic amines) is 1. The molecule has 2 heterocycles. The van der Waals surface area contributed by atoms with Crippen LogP contribution in [0, 0.1) is 12.8 Å². The third kappa shape index (κ3) is 5.03. The van der Waals surface area contributed by atoms with E-state index < -0.39 is 5.92 Å². The van der Waals surface area contributed by atoms with Gasteiger partial charge in [-0.25, -0.2) is 0 Å². The van der Waals surface area contributed by atoms with E-state index in [0.29, 0.717) is 36.7 Å². The highest BCUT2D eigenvalue weighted by atomic mass is 16.5. The van der Waals surface area contributed by atoms with Gasteiger partial charge in [-0.2, -0.15) is 0 Å². The molecular formula is C27H29N3O4. The zero-order valence-corrected chi connectivity index (χ0v) is 19.7. The molecule has 34 heavy (non-hydrogen) atoms. The Morgan fingerprint density at radius 2 is 1.85 bits per heavy atom. The van der Waals surface area contributed by atoms with Gasteiger partial charge in [0.05, 0.1) is 20.1 Å². The summed E-state index contributed by atoms with van der Waals surface area (Å²) in [6, 6.07) is 16.8. The van der Waals surface area contributed by atoms with Crippen molar-refractivity contribution in [3.05, 3.63) is 89.2 Å². The van der Waals surface area contributed by atoms with E-state index in [1.165, 1.54) is 0 Å². The molecule has 2 unspecified atom stereocenters. The smallest absolute Gasteiger partial charge is 0.253 e. The summed E-state index contributed by atoms with van der Waals surface area (Å²) in [5, 5.41) is 3.02. The first-order valence-electron chi connectivity index (χ1n) is 11.2. The van der Waals surface area contributed by atoms with E-state index in [1.54, 1.807) is 31.5 Å². The lowest BCUT2D eigenvalue weighted by molar-refractivity contribution is -0.125. The molecule has 0 saturated carbocycles. The van der Waals surface area contributed by atoms with Gasteiger partial charge < -0.3 is 19.7 Å². The van der Waals surface area contributed by atoms with Gasteiger partial charge in [0.1, 0.15) is 11.5 Å². The van der Waals surface area contributed by atoms with Gasteiger partial charge in [0, 0.05) is 49.1 Å². The molecule has 4 rings (SSSR count). The Kier molecular flexibility index (Phi) is 7.11. The highest BCUT2D eigenvalue weighted by Gasteiger charge is 2.41. The van der Waals surface area contributed by atoms with Crippen LogP contribution in [-0.4, -0.2) is 49.0 Å². The number of hydrogen-bond donors (Lipinski definition) is 1. The maximum Gasteiger partial charge on any atom is 0.253 e. The maximum atomic E-state index is 13.4. The number of ether oxygens (including phenoxy) is 2. The molecule has 1 aliphatic heterocycles. The largest absolute Gasteiger partial charge is 0.497 e. The summed E-state index contributed by atoms with van der Waals surface area (Å²) >= 11 is 0. The van der Waals surface area contributed by atoms with Gasteiger partial charge in [0.25, 0.3) is 5.91 Å². The second-order valence-corrected chi connectivity index (χ2v) is 8.48. The van der Waals surface area contributed by atoms with Crippen LogP contribution in [0.15, 0.2) is 67.0 Å². The molecule has 1 aliphatic rings. The first-order chi connectivity index (χ1) is 16.5. The summed E-state index contributed by atoms with van der Waals surface area (Å²) in [6.45, 7) is 3.08. The van der Waals surface area contributed by atoms with Crippen LogP contribution in [0.4, 0.5) is 0 Å². The molecule has 1 fully saturated rings. The predicted octanol–water partition coefficient (Wildman–Crippen LogP) is 3.58. The fourth-order valence-corrected chi connectivity index (χ4v) is 4.38. The van der Waals surface area contributed by atoms with Crippen LogP contribution in [0.25, 0.3) is 0 Å². The number of hydrogen-bond acceptors (Lipinski definition) is 5. The molecular weight excluding hydrogens is 430 g/mol. The zero-order chi connectivity index (χ0) is 24.1. The average molecular weight is 460 g/mol. The summed E-state index contributed by atoms with van der Waals surface area (Å²) in [6.07, 6.45) is 3.42. The lowest BCUT2D eigenvalue weighted by Crippen LogP contribution is -2.35. The van der Waals surface area contributed by atoms with Crippen molar-refractivity contribution in [1.29, 1.82) is 0 Å². The van der Waals surface area contributed by atoms with Crippen LogP contribution in [0.1, 0.15) is 33.0 Å². The molecule has 0 radical (unpaired) electrons. The number of rotatable bonds is 7. The Morgan fingerprint density at radius 1 is 1.06 bits per heavy atom. The third-order valence-corrected chi connectivity index (χ3v) is 6.27. The van der Waals surface area contributed by atoms with E-state index >= 15 is 0 Å². The van der Waals surface area contributed by atoms with Crippen LogP contribution in [0.3, 0.4) is 0 Å². The molecule has 2 atom stereocenters. The number of aromatic nitrogens is 1. The number of carbonyl (C=O) groups excluding carboxylic acids is 2. The van der Waals surface area contributed by atoms with E-state index in [1.807, 2.05) is 61.5 Å². The Bertz CT molecular complexity index is 1150. The third-order valence-electron chi connectivity index (χ3n) is 6.27. The first kappa shape index (κ1) is 23.3. The molecule has 3 aromatic rings. The molecule has 1 aromatic heterocycles. The SMILES string of the molecule is COc1ccc(OC)c(C2CN(C(=O)c3ccc(C)cc3)CC2C(=O)NCc2cccnc2)c1. The van der Waals surface area contributed by atoms with Gasteiger partial charge in [0.2, 0.25) is 5.91 Å². The van der Waals surface area contributed by atoms with Crippen LogP contribution >= 0.6 is 0 Å². The van der Waals surface area contributed by atoms with Crippen LogP contribution in [-0.2, 0) is 11.3 Å². The summed E-state index contributed by atoms with van der Waals surface area (Å²) in [4.78, 5) is 32.5. The quantitative estimate of drug-likeness (QED) is 0.584. The minimum Gasteiger partial charge on any atom is -0.497 e. The van der Waals surface area contributed by atoms with E-state index in [2.05, 4.69) is 10.3 Å². The van der Waals surface area contributed by atoms with E-state index in [4.69, 9.17) is 9.47 Å². The van der Waals surface area contributed by atoms with E-state index in [-0.39, 0.29) is 17.7 Å². The highest BCUT2D eigenvalue weighted by Crippen LogP contribution is 2.40. The summed E-state index contributed by atoms with van der Waals surface area (Å²) in [5.41, 5.74) is 3.46. The Hall–Kier alpha value is -3.87. The van der Waals surface area contributed by atoms with E-state index in [0.717, 1.165) is 16.7 Å².